The molecule has 0 spiro atoms. The average Bonchev–Trinajstić information content (AvgIpc) is 3.02. The van der Waals surface area contributed by atoms with Gasteiger partial charge in [-0.1, -0.05) is 43.8 Å². The quantitative estimate of drug-likeness (QED) is 0.0912. The van der Waals surface area contributed by atoms with Crippen LogP contribution in [-0.4, -0.2) is 29.1 Å². The molecule has 45 heavy (non-hydrogen) atoms. The minimum atomic E-state index is -0.732. The van der Waals surface area contributed by atoms with Crippen LogP contribution in [0, 0.1) is 5.82 Å². The lowest BCUT2D eigenvalue weighted by Gasteiger charge is -2.21. The van der Waals surface area contributed by atoms with E-state index in [-0.39, 0.29) is 40.1 Å². The minimum Gasteiger partial charge on any atom is -0.462 e. The first-order chi connectivity index (χ1) is 21.6. The highest BCUT2D eigenvalue weighted by Gasteiger charge is 2.21. The standard InChI is InChI=1S/C36H33FO7S/c1-23(2)35(40)43-29-14-11-25(12-15-29)27-10-9-26(32(37)22-27)13-20-34(39)45-31-18-16-30(17-19-31)44-36(41)24(3)21-33(38)42-28-7-5-4-6-8-28/h9-20,22,28H,1,3-8,21H2,2H3/b20-13+. The Hall–Kier alpha value is -4.76. The SMILES string of the molecule is C=C(C)C(=O)Oc1ccc(-c2ccc(/C=C/C(=O)Sc3ccc(OC(=O)C(=C)CC(=O)OC4CCCCC4)cc3)c(F)c2)cc1. The zero-order valence-electron chi connectivity index (χ0n) is 24.9. The summed E-state index contributed by atoms with van der Waals surface area (Å²) in [5, 5.41) is -0.326. The monoisotopic (exact) mass is 628 g/mol. The van der Waals surface area contributed by atoms with Gasteiger partial charge in [-0.05, 0) is 110 Å². The van der Waals surface area contributed by atoms with Crippen LogP contribution in [0.2, 0.25) is 0 Å². The molecule has 0 unspecified atom stereocenters. The van der Waals surface area contributed by atoms with Gasteiger partial charge in [0.05, 0.1) is 6.42 Å². The summed E-state index contributed by atoms with van der Waals surface area (Å²) in [7, 11) is 0. The lowest BCUT2D eigenvalue weighted by Crippen LogP contribution is -2.22. The fraction of sp³-hybridized carbons (Fsp3) is 0.222. The van der Waals surface area contributed by atoms with Crippen molar-refractivity contribution in [2.75, 3.05) is 0 Å². The first-order valence-electron chi connectivity index (χ1n) is 14.4. The lowest BCUT2D eigenvalue weighted by atomic mass is 9.98. The number of hydrogen-bond acceptors (Lipinski definition) is 8. The number of benzene rings is 3. The zero-order chi connectivity index (χ0) is 32.3. The summed E-state index contributed by atoms with van der Waals surface area (Å²) in [4.78, 5) is 49.3. The van der Waals surface area contributed by atoms with E-state index in [1.54, 1.807) is 55.5 Å². The van der Waals surface area contributed by atoms with E-state index in [0.717, 1.165) is 49.4 Å². The molecule has 0 N–H and O–H groups in total. The van der Waals surface area contributed by atoms with Crippen LogP contribution in [0.3, 0.4) is 0 Å². The van der Waals surface area contributed by atoms with Crippen molar-refractivity contribution in [1.29, 1.82) is 0 Å². The first kappa shape index (κ1) is 33.1. The molecular formula is C36H33FO7S. The molecule has 3 aromatic carbocycles. The van der Waals surface area contributed by atoms with Crippen LogP contribution in [-0.2, 0) is 23.9 Å². The van der Waals surface area contributed by atoms with Crippen LogP contribution >= 0.6 is 11.8 Å². The van der Waals surface area contributed by atoms with Crippen molar-refractivity contribution in [3.8, 4) is 22.6 Å². The molecule has 3 aromatic rings. The molecular weight excluding hydrogens is 595 g/mol. The molecule has 1 aliphatic rings. The van der Waals surface area contributed by atoms with Gasteiger partial charge in [0, 0.05) is 21.6 Å². The van der Waals surface area contributed by atoms with Crippen molar-refractivity contribution < 1.29 is 37.8 Å². The van der Waals surface area contributed by atoms with Gasteiger partial charge in [0.15, 0.2) is 0 Å². The molecule has 0 bridgehead atoms. The summed E-state index contributed by atoms with van der Waals surface area (Å²) in [6, 6.07) is 17.6. The second-order valence-electron chi connectivity index (χ2n) is 10.6. The molecule has 1 fully saturated rings. The number of ether oxygens (including phenoxy) is 3. The van der Waals surface area contributed by atoms with E-state index in [4.69, 9.17) is 14.2 Å². The van der Waals surface area contributed by atoms with Crippen LogP contribution in [0.4, 0.5) is 4.39 Å². The van der Waals surface area contributed by atoms with Gasteiger partial charge in [0.2, 0.25) is 5.12 Å². The van der Waals surface area contributed by atoms with E-state index in [1.807, 2.05) is 0 Å². The third kappa shape index (κ3) is 10.1. The van der Waals surface area contributed by atoms with Crippen molar-refractivity contribution in [3.05, 3.63) is 108 Å². The zero-order valence-corrected chi connectivity index (χ0v) is 25.7. The topological polar surface area (TPSA) is 96.0 Å². The Labute approximate surface area is 265 Å². The van der Waals surface area contributed by atoms with Gasteiger partial charge in [0.1, 0.15) is 23.4 Å². The Morgan fingerprint density at radius 2 is 1.44 bits per heavy atom. The Balaban J connectivity index is 1.25. The summed E-state index contributed by atoms with van der Waals surface area (Å²) >= 11 is 0.926. The Morgan fingerprint density at radius 3 is 2.07 bits per heavy atom. The molecule has 0 aromatic heterocycles. The maximum absolute atomic E-state index is 14.8. The smallest absolute Gasteiger partial charge is 0.339 e. The van der Waals surface area contributed by atoms with Crippen LogP contribution in [0.1, 0.15) is 51.0 Å². The Morgan fingerprint density at radius 1 is 0.844 bits per heavy atom. The number of esters is 3. The molecule has 232 valence electrons. The fourth-order valence-corrected chi connectivity index (χ4v) is 5.11. The largest absolute Gasteiger partial charge is 0.462 e. The van der Waals surface area contributed by atoms with Crippen LogP contribution in [0.5, 0.6) is 11.5 Å². The average molecular weight is 629 g/mol. The molecule has 0 radical (unpaired) electrons. The first-order valence-corrected chi connectivity index (χ1v) is 15.3. The highest BCUT2D eigenvalue weighted by atomic mass is 32.2. The summed E-state index contributed by atoms with van der Waals surface area (Å²) in [6.07, 6.45) is 7.20. The molecule has 0 aliphatic heterocycles. The van der Waals surface area contributed by atoms with Crippen molar-refractivity contribution in [1.82, 2.24) is 0 Å². The highest BCUT2D eigenvalue weighted by Crippen LogP contribution is 2.27. The number of carbonyl (C=O) groups excluding carboxylic acids is 4. The van der Waals surface area contributed by atoms with E-state index in [0.29, 0.717) is 16.2 Å². The highest BCUT2D eigenvalue weighted by molar-refractivity contribution is 8.14. The van der Waals surface area contributed by atoms with E-state index in [9.17, 15) is 23.6 Å². The molecule has 0 atom stereocenters. The Kier molecular flexibility index (Phi) is 11.6. The molecule has 7 nitrogen and oxygen atoms in total. The maximum atomic E-state index is 14.8. The van der Waals surface area contributed by atoms with Crippen LogP contribution in [0.15, 0.2) is 102 Å². The number of carbonyl (C=O) groups is 4. The summed E-state index contributed by atoms with van der Waals surface area (Å²) in [5.74, 6) is -1.67. The summed E-state index contributed by atoms with van der Waals surface area (Å²) < 4.78 is 30.7. The number of rotatable bonds is 11. The second kappa shape index (κ2) is 15.8. The maximum Gasteiger partial charge on any atom is 0.339 e. The van der Waals surface area contributed by atoms with E-state index in [1.165, 1.54) is 30.4 Å². The third-order valence-corrected chi connectivity index (χ3v) is 7.74. The van der Waals surface area contributed by atoms with Gasteiger partial charge in [-0.3, -0.25) is 9.59 Å². The van der Waals surface area contributed by atoms with Crippen molar-refractivity contribution >= 4 is 40.9 Å². The minimum absolute atomic E-state index is 0.00523. The fourth-order valence-electron chi connectivity index (χ4n) is 4.47. The molecule has 0 amide bonds. The molecule has 1 aliphatic carbocycles. The van der Waals surface area contributed by atoms with Crippen molar-refractivity contribution in [3.63, 3.8) is 0 Å². The molecule has 9 heteroatoms. The molecule has 0 heterocycles. The van der Waals surface area contributed by atoms with Crippen LogP contribution in [0.25, 0.3) is 17.2 Å². The van der Waals surface area contributed by atoms with Gasteiger partial charge >= 0.3 is 17.9 Å². The molecule has 1 saturated carbocycles. The van der Waals surface area contributed by atoms with Crippen molar-refractivity contribution in [2.45, 2.75) is 56.4 Å². The number of thioether (sulfide) groups is 1. The molecule has 0 saturated heterocycles. The Bertz CT molecular complexity index is 1620. The summed E-state index contributed by atoms with van der Waals surface area (Å²) in [5.41, 5.74) is 1.86. The van der Waals surface area contributed by atoms with Crippen LogP contribution < -0.4 is 9.47 Å². The second-order valence-corrected chi connectivity index (χ2v) is 11.7. The van der Waals surface area contributed by atoms with Crippen molar-refractivity contribution in [2.24, 2.45) is 0 Å². The van der Waals surface area contributed by atoms with Gasteiger partial charge in [-0.2, -0.15) is 0 Å². The normalized spacial score (nSPS) is 13.2. The van der Waals surface area contributed by atoms with Gasteiger partial charge < -0.3 is 14.2 Å². The van der Waals surface area contributed by atoms with Gasteiger partial charge in [-0.15, -0.1) is 0 Å². The lowest BCUT2D eigenvalue weighted by molar-refractivity contribution is -0.150. The summed E-state index contributed by atoms with van der Waals surface area (Å²) in [6.45, 7) is 8.75. The van der Waals surface area contributed by atoms with E-state index < -0.39 is 23.7 Å². The van der Waals surface area contributed by atoms with E-state index in [2.05, 4.69) is 13.2 Å². The predicted octanol–water partition coefficient (Wildman–Crippen LogP) is 8.03. The molecule has 4 rings (SSSR count). The predicted molar refractivity (Wildman–Crippen MR) is 171 cm³/mol. The third-order valence-electron chi connectivity index (χ3n) is 6.90. The van der Waals surface area contributed by atoms with E-state index >= 15 is 0 Å². The number of hydrogen-bond donors (Lipinski definition) is 0. The van der Waals surface area contributed by atoms with Gasteiger partial charge in [0.25, 0.3) is 0 Å². The number of halogens is 1. The van der Waals surface area contributed by atoms with Gasteiger partial charge in [-0.25, -0.2) is 14.0 Å².